The second-order valence-electron chi connectivity index (χ2n) is 8.66. The Labute approximate surface area is 187 Å². The smallest absolute Gasteiger partial charge is 0.251 e. The number of methoxy groups -OCH3 is 1. The average Bonchev–Trinajstić information content (AvgIpc) is 3.30. The summed E-state index contributed by atoms with van der Waals surface area (Å²) in [5.74, 6) is 1.43. The van der Waals surface area contributed by atoms with Crippen molar-refractivity contribution in [1.82, 2.24) is 19.8 Å². The summed E-state index contributed by atoms with van der Waals surface area (Å²) >= 11 is 1.74. The van der Waals surface area contributed by atoms with Gasteiger partial charge in [0.1, 0.15) is 5.82 Å². The fourth-order valence-corrected chi connectivity index (χ4v) is 5.39. The number of hydrogen-bond donors (Lipinski definition) is 1. The van der Waals surface area contributed by atoms with Gasteiger partial charge in [0.05, 0.1) is 18.7 Å². The number of rotatable bonds is 7. The van der Waals surface area contributed by atoms with Crippen LogP contribution in [0, 0.1) is 0 Å². The quantitative estimate of drug-likeness (QED) is 0.710. The number of thiophene rings is 1. The molecule has 2 aromatic heterocycles. The molecule has 2 aliphatic heterocycles. The molecule has 31 heavy (non-hydrogen) atoms. The number of nitrogens with zero attached hydrogens (tertiary/aromatic N) is 3. The summed E-state index contributed by atoms with van der Waals surface area (Å²) < 4.78 is 5.01. The lowest BCUT2D eigenvalue weighted by Gasteiger charge is -2.33. The number of carbonyl (C=O) groups excluding carboxylic acids is 1. The van der Waals surface area contributed by atoms with Crippen LogP contribution >= 0.6 is 11.3 Å². The molecular formula is C23H32N4O3S. The molecule has 2 aliphatic rings. The molecule has 0 spiro atoms. The highest BCUT2D eigenvalue weighted by Gasteiger charge is 2.27. The fourth-order valence-electron chi connectivity index (χ4n) is 4.73. The molecule has 168 valence electrons. The zero-order chi connectivity index (χ0) is 21.6. The zero-order valence-corrected chi connectivity index (χ0v) is 19.0. The molecule has 2 fully saturated rings. The SMILES string of the molecule is COCCC(=O)N1CCC(c2nc(C3CCCN(Cc4ccsc4)C3)cc(=O)[nH]2)CC1. The number of likely N-dealkylation sites (tertiary alicyclic amines) is 2. The Morgan fingerprint density at radius 3 is 2.84 bits per heavy atom. The Kier molecular flexibility index (Phi) is 7.53. The van der Waals surface area contributed by atoms with E-state index in [4.69, 9.17) is 9.72 Å². The van der Waals surface area contributed by atoms with Crippen molar-refractivity contribution in [2.75, 3.05) is 39.9 Å². The number of ether oxygens (including phenoxy) is 1. The van der Waals surface area contributed by atoms with Gasteiger partial charge >= 0.3 is 0 Å². The number of aromatic amines is 1. The molecule has 7 nitrogen and oxygen atoms in total. The van der Waals surface area contributed by atoms with Crippen LogP contribution in [0.2, 0.25) is 0 Å². The summed E-state index contributed by atoms with van der Waals surface area (Å²) in [5.41, 5.74) is 2.22. The topological polar surface area (TPSA) is 78.5 Å². The minimum absolute atomic E-state index is 0.0615. The van der Waals surface area contributed by atoms with Crippen molar-refractivity contribution in [2.24, 2.45) is 0 Å². The van der Waals surface area contributed by atoms with Gasteiger partial charge in [-0.25, -0.2) is 4.98 Å². The summed E-state index contributed by atoms with van der Waals surface area (Å²) in [5, 5.41) is 4.33. The minimum Gasteiger partial charge on any atom is -0.384 e. The van der Waals surface area contributed by atoms with Crippen LogP contribution in [0.1, 0.15) is 61.0 Å². The Hall–Kier alpha value is -2.03. The van der Waals surface area contributed by atoms with Gasteiger partial charge < -0.3 is 14.6 Å². The van der Waals surface area contributed by atoms with E-state index in [9.17, 15) is 9.59 Å². The van der Waals surface area contributed by atoms with E-state index in [1.165, 1.54) is 5.56 Å². The molecule has 0 aromatic carbocycles. The van der Waals surface area contributed by atoms with Crippen LogP contribution < -0.4 is 5.56 Å². The highest BCUT2D eigenvalue weighted by Crippen LogP contribution is 2.29. The van der Waals surface area contributed by atoms with Crippen molar-refractivity contribution in [3.05, 3.63) is 50.3 Å². The molecular weight excluding hydrogens is 412 g/mol. The molecule has 1 N–H and O–H groups in total. The van der Waals surface area contributed by atoms with E-state index in [0.29, 0.717) is 32.0 Å². The lowest BCUT2D eigenvalue weighted by atomic mass is 9.92. The molecule has 4 heterocycles. The third kappa shape index (κ3) is 5.81. The number of aromatic nitrogens is 2. The van der Waals surface area contributed by atoms with Crippen LogP contribution in [0.15, 0.2) is 27.7 Å². The standard InChI is InChI=1S/C23H32N4O3S/c1-30-11-6-22(29)27-9-4-18(5-10-27)23-24-20(13-21(28)25-23)19-3-2-8-26(15-19)14-17-7-12-31-16-17/h7,12-13,16,18-19H,2-6,8-11,14-15H2,1H3,(H,24,25,28). The van der Waals surface area contributed by atoms with Gasteiger partial charge in [-0.1, -0.05) is 0 Å². The van der Waals surface area contributed by atoms with E-state index < -0.39 is 0 Å². The van der Waals surface area contributed by atoms with Gasteiger partial charge in [0, 0.05) is 51.2 Å². The van der Waals surface area contributed by atoms with Crippen molar-refractivity contribution >= 4 is 17.2 Å². The Bertz CT molecular complexity index is 906. The second kappa shape index (κ2) is 10.5. The summed E-state index contributed by atoms with van der Waals surface area (Å²) in [6.45, 7) is 4.88. The highest BCUT2D eigenvalue weighted by molar-refractivity contribution is 7.07. The van der Waals surface area contributed by atoms with Gasteiger partial charge in [-0.3, -0.25) is 14.5 Å². The zero-order valence-electron chi connectivity index (χ0n) is 18.2. The van der Waals surface area contributed by atoms with Gasteiger partial charge in [-0.2, -0.15) is 11.3 Å². The molecule has 0 saturated carbocycles. The maximum Gasteiger partial charge on any atom is 0.251 e. The molecule has 1 amide bonds. The molecule has 4 rings (SSSR count). The van der Waals surface area contributed by atoms with Gasteiger partial charge in [0.25, 0.3) is 5.56 Å². The Balaban J connectivity index is 1.39. The fraction of sp³-hybridized carbons (Fsp3) is 0.609. The van der Waals surface area contributed by atoms with Crippen LogP contribution in [-0.4, -0.2) is 65.6 Å². The van der Waals surface area contributed by atoms with E-state index in [-0.39, 0.29) is 17.4 Å². The third-order valence-corrected chi connectivity index (χ3v) is 7.18. The largest absolute Gasteiger partial charge is 0.384 e. The molecule has 2 saturated heterocycles. The first-order valence-corrected chi connectivity index (χ1v) is 12.2. The van der Waals surface area contributed by atoms with Crippen molar-refractivity contribution < 1.29 is 9.53 Å². The third-order valence-electron chi connectivity index (χ3n) is 6.44. The van der Waals surface area contributed by atoms with E-state index in [1.54, 1.807) is 24.5 Å². The van der Waals surface area contributed by atoms with E-state index in [2.05, 4.69) is 26.7 Å². The van der Waals surface area contributed by atoms with Crippen LogP contribution in [0.4, 0.5) is 0 Å². The number of amides is 1. The van der Waals surface area contributed by atoms with Crippen molar-refractivity contribution in [1.29, 1.82) is 0 Å². The first-order valence-electron chi connectivity index (χ1n) is 11.2. The predicted molar refractivity (Wildman–Crippen MR) is 121 cm³/mol. The lowest BCUT2D eigenvalue weighted by Crippen LogP contribution is -2.39. The van der Waals surface area contributed by atoms with E-state index in [0.717, 1.165) is 56.8 Å². The maximum atomic E-state index is 12.4. The van der Waals surface area contributed by atoms with Crippen molar-refractivity contribution in [2.45, 2.75) is 50.5 Å². The average molecular weight is 445 g/mol. The Morgan fingerprint density at radius 2 is 2.10 bits per heavy atom. The van der Waals surface area contributed by atoms with Gasteiger partial charge in [0.15, 0.2) is 0 Å². The summed E-state index contributed by atoms with van der Waals surface area (Å²) in [6.07, 6.45) is 4.29. The van der Waals surface area contributed by atoms with Gasteiger partial charge in [-0.05, 0) is 54.6 Å². The molecule has 2 aromatic rings. The first kappa shape index (κ1) is 22.2. The second-order valence-corrected chi connectivity index (χ2v) is 9.44. The van der Waals surface area contributed by atoms with Crippen LogP contribution in [0.25, 0.3) is 0 Å². The number of H-pyrrole nitrogens is 1. The maximum absolute atomic E-state index is 12.4. The predicted octanol–water partition coefficient (Wildman–Crippen LogP) is 2.95. The minimum atomic E-state index is -0.0615. The van der Waals surface area contributed by atoms with Crippen molar-refractivity contribution in [3.8, 4) is 0 Å². The van der Waals surface area contributed by atoms with Gasteiger partial charge in [0.2, 0.25) is 5.91 Å². The van der Waals surface area contributed by atoms with Crippen molar-refractivity contribution in [3.63, 3.8) is 0 Å². The highest BCUT2D eigenvalue weighted by atomic mass is 32.1. The van der Waals surface area contributed by atoms with Crippen LogP contribution in [0.5, 0.6) is 0 Å². The molecule has 0 aliphatic carbocycles. The Morgan fingerprint density at radius 1 is 1.26 bits per heavy atom. The lowest BCUT2D eigenvalue weighted by molar-refractivity contribution is -0.133. The van der Waals surface area contributed by atoms with Crippen LogP contribution in [-0.2, 0) is 16.1 Å². The molecule has 1 unspecified atom stereocenters. The first-order chi connectivity index (χ1) is 15.1. The normalized spacial score (nSPS) is 20.8. The van der Waals surface area contributed by atoms with E-state index in [1.807, 2.05) is 4.90 Å². The monoisotopic (exact) mass is 444 g/mol. The summed E-state index contributed by atoms with van der Waals surface area (Å²) in [4.78, 5) is 37.0. The summed E-state index contributed by atoms with van der Waals surface area (Å²) in [7, 11) is 1.61. The molecule has 0 radical (unpaired) electrons. The van der Waals surface area contributed by atoms with Crippen LogP contribution in [0.3, 0.4) is 0 Å². The molecule has 0 bridgehead atoms. The number of nitrogens with one attached hydrogen (secondary N) is 1. The number of carbonyl (C=O) groups is 1. The summed E-state index contributed by atoms with van der Waals surface area (Å²) in [6, 6.07) is 3.87. The molecule has 8 heteroatoms. The molecule has 1 atom stereocenters. The number of piperidine rings is 2. The van der Waals surface area contributed by atoms with Gasteiger partial charge in [-0.15, -0.1) is 0 Å². The van der Waals surface area contributed by atoms with E-state index >= 15 is 0 Å². The number of hydrogen-bond acceptors (Lipinski definition) is 6.